The number of hydrogen-bond donors (Lipinski definition) is 2. The van der Waals surface area contributed by atoms with E-state index < -0.39 is 6.29 Å². The van der Waals surface area contributed by atoms with Crippen molar-refractivity contribution in [2.75, 3.05) is 32.7 Å². The molecule has 0 aromatic heterocycles. The van der Waals surface area contributed by atoms with E-state index in [0.29, 0.717) is 6.54 Å². The van der Waals surface area contributed by atoms with Crippen LogP contribution in [-0.2, 0) is 34.0 Å². The van der Waals surface area contributed by atoms with Gasteiger partial charge in [-0.05, 0) is 45.5 Å². The number of benzene rings is 4. The summed E-state index contributed by atoms with van der Waals surface area (Å²) in [7, 11) is 0. The molecule has 2 fully saturated rings. The highest BCUT2D eigenvalue weighted by Crippen LogP contribution is 2.42. The number of carbonyl (C=O) groups excluding carboxylic acids is 1. The third kappa shape index (κ3) is 8.10. The van der Waals surface area contributed by atoms with Crippen molar-refractivity contribution in [1.82, 2.24) is 15.1 Å². The van der Waals surface area contributed by atoms with E-state index in [1.165, 1.54) is 12.5 Å². The van der Waals surface area contributed by atoms with Crippen LogP contribution in [0.25, 0.3) is 11.1 Å². The minimum absolute atomic E-state index is 0.0186. The SMILES string of the molecule is CC(=O)NCc1cccc(-c2cccc([C@@H]3O[C@H](CN4CCN(Cc5ccccc5)CC4)[C@H](C)[C@H](c4ccc(CO)cc4)O3)c2)c1. The van der Waals surface area contributed by atoms with Crippen molar-refractivity contribution in [3.63, 3.8) is 0 Å². The molecule has 7 heteroatoms. The smallest absolute Gasteiger partial charge is 0.217 e. The first-order chi connectivity index (χ1) is 22.4. The summed E-state index contributed by atoms with van der Waals surface area (Å²) < 4.78 is 13.6. The van der Waals surface area contributed by atoms with Crippen molar-refractivity contribution < 1.29 is 19.4 Å². The Balaban J connectivity index is 1.20. The minimum Gasteiger partial charge on any atom is -0.392 e. The summed E-state index contributed by atoms with van der Waals surface area (Å²) in [6.45, 7) is 10.2. The van der Waals surface area contributed by atoms with Crippen molar-refractivity contribution in [3.05, 3.63) is 131 Å². The van der Waals surface area contributed by atoms with Gasteiger partial charge in [0.15, 0.2) is 6.29 Å². The number of piperazine rings is 1. The maximum atomic E-state index is 11.5. The van der Waals surface area contributed by atoms with Crippen LogP contribution in [0.5, 0.6) is 0 Å². The van der Waals surface area contributed by atoms with Crippen LogP contribution in [0.3, 0.4) is 0 Å². The Bertz CT molecular complexity index is 1570. The normalized spacial score (nSPS) is 22.4. The molecule has 4 aromatic carbocycles. The van der Waals surface area contributed by atoms with Gasteiger partial charge in [-0.2, -0.15) is 0 Å². The van der Waals surface area contributed by atoms with E-state index in [4.69, 9.17) is 9.47 Å². The number of nitrogens with zero attached hydrogens (tertiary/aromatic N) is 2. The Morgan fingerprint density at radius 2 is 1.43 bits per heavy atom. The zero-order valence-corrected chi connectivity index (χ0v) is 26.8. The molecule has 2 aliphatic heterocycles. The number of aliphatic hydroxyl groups is 1. The Kier molecular flexibility index (Phi) is 10.6. The van der Waals surface area contributed by atoms with Gasteiger partial charge in [-0.15, -0.1) is 0 Å². The van der Waals surface area contributed by atoms with Gasteiger partial charge in [0.2, 0.25) is 5.91 Å². The van der Waals surface area contributed by atoms with Crippen LogP contribution in [0.1, 0.15) is 54.1 Å². The highest BCUT2D eigenvalue weighted by molar-refractivity contribution is 5.73. The Morgan fingerprint density at radius 3 is 2.15 bits per heavy atom. The van der Waals surface area contributed by atoms with Gasteiger partial charge in [0.1, 0.15) is 0 Å². The van der Waals surface area contributed by atoms with Crippen molar-refractivity contribution in [3.8, 4) is 11.1 Å². The average molecular weight is 620 g/mol. The standard InChI is InChI=1S/C39H45N3O4/c1-28-37(26-42-20-18-41(19-21-42)25-30-8-4-3-5-9-30)45-39(46-38(28)33-16-14-31(27-43)15-17-33)36-13-7-12-35(23-36)34-11-6-10-32(22-34)24-40-29(2)44/h3-17,22-23,28,37-39,43H,18-21,24-27H2,1-2H3,(H,40,44)/t28-,37+,38+,39+/m0/s1. The predicted octanol–water partition coefficient (Wildman–Crippen LogP) is 6.09. The fourth-order valence-corrected chi connectivity index (χ4v) is 6.51. The molecule has 0 radical (unpaired) electrons. The molecule has 0 spiro atoms. The monoisotopic (exact) mass is 619 g/mol. The molecule has 240 valence electrons. The van der Waals surface area contributed by atoms with Crippen LogP contribution in [0.4, 0.5) is 0 Å². The highest BCUT2D eigenvalue weighted by Gasteiger charge is 2.39. The molecular formula is C39H45N3O4. The summed E-state index contributed by atoms with van der Waals surface area (Å²) in [5.74, 6) is 0.0876. The summed E-state index contributed by atoms with van der Waals surface area (Å²) in [5, 5.41) is 12.5. The molecule has 4 atom stereocenters. The van der Waals surface area contributed by atoms with Gasteiger partial charge >= 0.3 is 0 Å². The topological polar surface area (TPSA) is 74.3 Å². The van der Waals surface area contributed by atoms with E-state index in [1.807, 2.05) is 24.3 Å². The first-order valence-corrected chi connectivity index (χ1v) is 16.4. The summed E-state index contributed by atoms with van der Waals surface area (Å²) >= 11 is 0. The minimum atomic E-state index is -0.523. The third-order valence-corrected chi connectivity index (χ3v) is 9.24. The number of amides is 1. The molecule has 2 heterocycles. The first-order valence-electron chi connectivity index (χ1n) is 16.4. The van der Waals surface area contributed by atoms with Crippen LogP contribution in [0.2, 0.25) is 0 Å². The van der Waals surface area contributed by atoms with Gasteiger partial charge in [0, 0.05) is 64.2 Å². The largest absolute Gasteiger partial charge is 0.392 e. The van der Waals surface area contributed by atoms with E-state index in [1.54, 1.807) is 0 Å². The number of nitrogens with one attached hydrogen (secondary N) is 1. The number of ether oxygens (including phenoxy) is 2. The highest BCUT2D eigenvalue weighted by atomic mass is 16.7. The van der Waals surface area contributed by atoms with Gasteiger partial charge in [0.05, 0.1) is 18.8 Å². The lowest BCUT2D eigenvalue weighted by molar-refractivity contribution is -0.276. The molecule has 4 aromatic rings. The van der Waals surface area contributed by atoms with Gasteiger partial charge < -0.3 is 19.9 Å². The number of rotatable bonds is 10. The van der Waals surface area contributed by atoms with E-state index in [2.05, 4.69) is 101 Å². The molecule has 6 rings (SSSR count). The van der Waals surface area contributed by atoms with Crippen LogP contribution in [0, 0.1) is 5.92 Å². The van der Waals surface area contributed by atoms with E-state index >= 15 is 0 Å². The second-order valence-electron chi connectivity index (χ2n) is 12.6. The maximum absolute atomic E-state index is 11.5. The van der Waals surface area contributed by atoms with Crippen molar-refractivity contribution >= 4 is 5.91 Å². The molecule has 2 aliphatic rings. The molecule has 0 unspecified atom stereocenters. The van der Waals surface area contributed by atoms with Gasteiger partial charge in [0.25, 0.3) is 0 Å². The van der Waals surface area contributed by atoms with E-state index in [0.717, 1.165) is 72.6 Å². The zero-order chi connectivity index (χ0) is 31.9. The van der Waals surface area contributed by atoms with Crippen LogP contribution >= 0.6 is 0 Å². The second kappa shape index (κ2) is 15.2. The third-order valence-electron chi connectivity index (χ3n) is 9.24. The fraction of sp³-hybridized carbons (Fsp3) is 0.359. The average Bonchev–Trinajstić information content (AvgIpc) is 3.10. The molecule has 46 heavy (non-hydrogen) atoms. The molecular weight excluding hydrogens is 574 g/mol. The molecule has 0 aliphatic carbocycles. The predicted molar refractivity (Wildman–Crippen MR) is 181 cm³/mol. The lowest BCUT2D eigenvalue weighted by Crippen LogP contribution is -2.51. The van der Waals surface area contributed by atoms with Crippen LogP contribution < -0.4 is 5.32 Å². The second-order valence-corrected chi connectivity index (χ2v) is 12.6. The number of carbonyl (C=O) groups is 1. The fourth-order valence-electron chi connectivity index (χ4n) is 6.51. The van der Waals surface area contributed by atoms with E-state index in [-0.39, 0.29) is 30.6 Å². The first kappa shape index (κ1) is 32.1. The lowest BCUT2D eigenvalue weighted by Gasteiger charge is -2.44. The number of aliphatic hydroxyl groups excluding tert-OH is 1. The summed E-state index contributed by atoms with van der Waals surface area (Å²) in [4.78, 5) is 16.5. The van der Waals surface area contributed by atoms with Crippen molar-refractivity contribution in [1.29, 1.82) is 0 Å². The van der Waals surface area contributed by atoms with Crippen LogP contribution in [0.15, 0.2) is 103 Å². The van der Waals surface area contributed by atoms with Crippen LogP contribution in [-0.4, -0.2) is 59.6 Å². The number of hydrogen-bond acceptors (Lipinski definition) is 6. The maximum Gasteiger partial charge on any atom is 0.217 e. The summed E-state index contributed by atoms with van der Waals surface area (Å²) in [6, 6.07) is 35.5. The Labute approximate surface area is 272 Å². The quantitative estimate of drug-likeness (QED) is 0.224. The molecule has 1 amide bonds. The molecule has 0 saturated carbocycles. The van der Waals surface area contributed by atoms with Gasteiger partial charge in [-0.3, -0.25) is 14.6 Å². The van der Waals surface area contributed by atoms with Crippen molar-refractivity contribution in [2.45, 2.75) is 52.0 Å². The van der Waals surface area contributed by atoms with Gasteiger partial charge in [-0.1, -0.05) is 97.9 Å². The lowest BCUT2D eigenvalue weighted by atomic mass is 9.89. The Morgan fingerprint density at radius 1 is 0.761 bits per heavy atom. The molecule has 7 nitrogen and oxygen atoms in total. The van der Waals surface area contributed by atoms with E-state index in [9.17, 15) is 9.90 Å². The summed E-state index contributed by atoms with van der Waals surface area (Å²) in [5.41, 5.74) is 7.52. The zero-order valence-electron chi connectivity index (χ0n) is 26.8. The molecule has 2 saturated heterocycles. The molecule has 2 N–H and O–H groups in total. The summed E-state index contributed by atoms with van der Waals surface area (Å²) in [6.07, 6.45) is -0.697. The van der Waals surface area contributed by atoms with Gasteiger partial charge in [-0.25, -0.2) is 0 Å². The Hall–Kier alpha value is -3.85. The van der Waals surface area contributed by atoms with Crippen molar-refractivity contribution in [2.24, 2.45) is 5.92 Å². The molecule has 0 bridgehead atoms.